The molecule has 1 aliphatic rings. The summed E-state index contributed by atoms with van der Waals surface area (Å²) in [7, 11) is 0. The van der Waals surface area contributed by atoms with E-state index in [1.165, 1.54) is 24.3 Å². The van der Waals surface area contributed by atoms with E-state index < -0.39 is 11.9 Å². The van der Waals surface area contributed by atoms with Gasteiger partial charge in [0, 0.05) is 24.5 Å². The van der Waals surface area contributed by atoms with Gasteiger partial charge in [-0.05, 0) is 30.3 Å². The molecule has 6 heteroatoms. The number of rotatable bonds is 4. The van der Waals surface area contributed by atoms with Crippen molar-refractivity contribution < 1.29 is 22.7 Å². The molecule has 1 aromatic carbocycles. The van der Waals surface area contributed by atoms with Crippen LogP contribution in [-0.2, 0) is 21.9 Å². The van der Waals surface area contributed by atoms with E-state index in [2.05, 4.69) is 4.99 Å². The summed E-state index contributed by atoms with van der Waals surface area (Å²) in [6.07, 6.45) is 3.55. The van der Waals surface area contributed by atoms with E-state index >= 15 is 0 Å². The number of furan rings is 1. The van der Waals surface area contributed by atoms with Gasteiger partial charge in [-0.1, -0.05) is 12.1 Å². The van der Waals surface area contributed by atoms with Crippen LogP contribution < -0.4 is 0 Å². The SMILES string of the molecule is CC(F)(F)c1ccc(C2=N/C(=C/Cc3ccco3)C(=O)O2)cc1. The maximum atomic E-state index is 13.2. The van der Waals surface area contributed by atoms with Crippen LogP contribution in [0.5, 0.6) is 0 Å². The lowest BCUT2D eigenvalue weighted by Gasteiger charge is -2.10. The molecule has 0 aliphatic carbocycles. The Bertz CT molecular complexity index is 769. The molecule has 0 N–H and O–H groups in total. The van der Waals surface area contributed by atoms with E-state index in [1.54, 1.807) is 24.5 Å². The average molecular weight is 317 g/mol. The number of hydrogen-bond donors (Lipinski definition) is 0. The van der Waals surface area contributed by atoms with Crippen LogP contribution in [0, 0.1) is 0 Å². The summed E-state index contributed by atoms with van der Waals surface area (Å²) < 4.78 is 36.6. The lowest BCUT2D eigenvalue weighted by molar-refractivity contribution is -0.130. The average Bonchev–Trinajstić information content (AvgIpc) is 3.14. The second-order valence-corrected chi connectivity index (χ2v) is 5.15. The van der Waals surface area contributed by atoms with Crippen molar-refractivity contribution in [3.05, 3.63) is 71.3 Å². The number of ether oxygens (including phenoxy) is 1. The van der Waals surface area contributed by atoms with Crippen molar-refractivity contribution in [1.82, 2.24) is 0 Å². The van der Waals surface area contributed by atoms with Crippen LogP contribution in [0.2, 0.25) is 0 Å². The van der Waals surface area contributed by atoms with E-state index in [4.69, 9.17) is 9.15 Å². The van der Waals surface area contributed by atoms with Crippen molar-refractivity contribution in [3.63, 3.8) is 0 Å². The standard InChI is InChI=1S/C17H13F2NO3/c1-17(18,19)12-6-4-11(5-7-12)15-20-14(16(21)23-15)9-8-13-3-2-10-22-13/h2-7,9-10H,8H2,1H3/b14-9+. The minimum absolute atomic E-state index is 0.103. The fraction of sp³-hybridized carbons (Fsp3) is 0.176. The number of aliphatic imine (C=N–C) groups is 1. The number of esters is 1. The van der Waals surface area contributed by atoms with E-state index in [1.807, 2.05) is 0 Å². The van der Waals surface area contributed by atoms with Gasteiger partial charge in [-0.15, -0.1) is 0 Å². The van der Waals surface area contributed by atoms with Gasteiger partial charge in [0.05, 0.1) is 6.26 Å². The van der Waals surface area contributed by atoms with Crippen molar-refractivity contribution in [2.24, 2.45) is 4.99 Å². The van der Waals surface area contributed by atoms with Crippen LogP contribution in [0.25, 0.3) is 0 Å². The molecular weight excluding hydrogens is 304 g/mol. The van der Waals surface area contributed by atoms with Gasteiger partial charge in [-0.3, -0.25) is 0 Å². The molecule has 0 radical (unpaired) electrons. The van der Waals surface area contributed by atoms with E-state index in [0.29, 0.717) is 17.7 Å². The quantitative estimate of drug-likeness (QED) is 0.636. The van der Waals surface area contributed by atoms with Crippen molar-refractivity contribution in [1.29, 1.82) is 0 Å². The fourth-order valence-electron chi connectivity index (χ4n) is 2.10. The molecule has 2 aromatic rings. The van der Waals surface area contributed by atoms with Crippen molar-refractivity contribution in [3.8, 4) is 0 Å². The molecule has 0 saturated heterocycles. The van der Waals surface area contributed by atoms with Crippen LogP contribution in [0.15, 0.2) is 63.8 Å². The van der Waals surface area contributed by atoms with Crippen molar-refractivity contribution >= 4 is 11.9 Å². The van der Waals surface area contributed by atoms with E-state index in [-0.39, 0.29) is 17.2 Å². The van der Waals surface area contributed by atoms with Gasteiger partial charge in [0.2, 0.25) is 5.90 Å². The molecule has 118 valence electrons. The zero-order chi connectivity index (χ0) is 16.4. The van der Waals surface area contributed by atoms with Gasteiger partial charge >= 0.3 is 5.97 Å². The van der Waals surface area contributed by atoms with E-state index in [0.717, 1.165) is 6.92 Å². The van der Waals surface area contributed by atoms with Gasteiger partial charge < -0.3 is 9.15 Å². The Morgan fingerprint density at radius 3 is 2.57 bits per heavy atom. The van der Waals surface area contributed by atoms with Gasteiger partial charge in [-0.25, -0.2) is 18.6 Å². The zero-order valence-corrected chi connectivity index (χ0v) is 12.3. The number of carbonyl (C=O) groups is 1. The Morgan fingerprint density at radius 2 is 1.96 bits per heavy atom. The lowest BCUT2D eigenvalue weighted by atomic mass is 10.1. The summed E-state index contributed by atoms with van der Waals surface area (Å²) in [6, 6.07) is 9.02. The first-order valence-electron chi connectivity index (χ1n) is 6.95. The molecule has 23 heavy (non-hydrogen) atoms. The highest BCUT2D eigenvalue weighted by Crippen LogP contribution is 2.27. The number of nitrogens with zero attached hydrogens (tertiary/aromatic N) is 1. The summed E-state index contributed by atoms with van der Waals surface area (Å²) in [5.74, 6) is -2.69. The number of alkyl halides is 2. The second-order valence-electron chi connectivity index (χ2n) is 5.15. The lowest BCUT2D eigenvalue weighted by Crippen LogP contribution is -2.09. The highest BCUT2D eigenvalue weighted by Gasteiger charge is 2.26. The number of carbonyl (C=O) groups excluding carboxylic acids is 1. The van der Waals surface area contributed by atoms with Gasteiger partial charge in [0.25, 0.3) is 5.92 Å². The first-order valence-corrected chi connectivity index (χ1v) is 6.95. The first kappa shape index (κ1) is 15.1. The predicted octanol–water partition coefficient (Wildman–Crippen LogP) is 3.82. The number of hydrogen-bond acceptors (Lipinski definition) is 4. The molecule has 0 fully saturated rings. The molecule has 2 heterocycles. The summed E-state index contributed by atoms with van der Waals surface area (Å²) in [6.45, 7) is 0.824. The van der Waals surface area contributed by atoms with Gasteiger partial charge in [0.15, 0.2) is 0 Å². The summed E-state index contributed by atoms with van der Waals surface area (Å²) in [5.41, 5.74) is 0.522. The van der Waals surface area contributed by atoms with Gasteiger partial charge in [0.1, 0.15) is 11.5 Å². The molecular formula is C17H13F2NO3. The molecule has 0 atom stereocenters. The van der Waals surface area contributed by atoms with Crippen molar-refractivity contribution in [2.45, 2.75) is 19.3 Å². The third-order valence-electron chi connectivity index (χ3n) is 3.34. The highest BCUT2D eigenvalue weighted by atomic mass is 19.3. The Kier molecular flexibility index (Phi) is 3.82. The molecule has 1 aliphatic heterocycles. The Balaban J connectivity index is 1.79. The fourth-order valence-corrected chi connectivity index (χ4v) is 2.10. The predicted molar refractivity (Wildman–Crippen MR) is 79.1 cm³/mol. The third kappa shape index (κ3) is 3.36. The van der Waals surface area contributed by atoms with Crippen LogP contribution in [0.3, 0.4) is 0 Å². The van der Waals surface area contributed by atoms with Crippen LogP contribution in [0.1, 0.15) is 23.8 Å². The molecule has 1 aromatic heterocycles. The van der Waals surface area contributed by atoms with Crippen LogP contribution >= 0.6 is 0 Å². The maximum absolute atomic E-state index is 13.2. The molecule has 0 bridgehead atoms. The number of benzene rings is 1. The molecule has 0 spiro atoms. The number of cyclic esters (lactones) is 1. The zero-order valence-electron chi connectivity index (χ0n) is 12.3. The number of halogens is 2. The molecule has 3 rings (SSSR count). The minimum atomic E-state index is -2.92. The highest BCUT2D eigenvalue weighted by molar-refractivity contribution is 6.11. The topological polar surface area (TPSA) is 51.8 Å². The maximum Gasteiger partial charge on any atom is 0.363 e. The van der Waals surface area contributed by atoms with Crippen LogP contribution in [0.4, 0.5) is 8.78 Å². The number of allylic oxidation sites excluding steroid dienone is 1. The Hall–Kier alpha value is -2.76. The van der Waals surface area contributed by atoms with Crippen LogP contribution in [-0.4, -0.2) is 11.9 Å². The normalized spacial score (nSPS) is 16.6. The molecule has 0 unspecified atom stereocenters. The Morgan fingerprint density at radius 1 is 1.22 bits per heavy atom. The Labute approximate surface area is 131 Å². The summed E-state index contributed by atoms with van der Waals surface area (Å²) in [4.78, 5) is 15.9. The third-order valence-corrected chi connectivity index (χ3v) is 3.34. The second kappa shape index (κ2) is 5.79. The molecule has 0 saturated carbocycles. The minimum Gasteiger partial charge on any atom is -0.469 e. The molecule has 4 nitrogen and oxygen atoms in total. The summed E-state index contributed by atoms with van der Waals surface area (Å²) >= 11 is 0. The van der Waals surface area contributed by atoms with Crippen molar-refractivity contribution in [2.75, 3.05) is 0 Å². The smallest absolute Gasteiger partial charge is 0.363 e. The molecule has 0 amide bonds. The summed E-state index contributed by atoms with van der Waals surface area (Å²) in [5, 5.41) is 0. The van der Waals surface area contributed by atoms with E-state index in [9.17, 15) is 13.6 Å². The first-order chi connectivity index (χ1) is 10.9. The van der Waals surface area contributed by atoms with Gasteiger partial charge in [-0.2, -0.15) is 0 Å². The largest absolute Gasteiger partial charge is 0.469 e. The monoisotopic (exact) mass is 317 g/mol.